The number of hydrogen-bond acceptors (Lipinski definition) is 3. The summed E-state index contributed by atoms with van der Waals surface area (Å²) in [4.78, 5) is 14.3. The van der Waals surface area contributed by atoms with Gasteiger partial charge in [-0.3, -0.25) is 4.79 Å². The highest BCUT2D eigenvalue weighted by Gasteiger charge is 2.28. The lowest BCUT2D eigenvalue weighted by Gasteiger charge is -2.36. The van der Waals surface area contributed by atoms with Crippen molar-refractivity contribution in [2.75, 3.05) is 13.1 Å². The predicted octanol–water partition coefficient (Wildman–Crippen LogP) is 2.30. The number of carbonyl (C=O) groups is 1. The van der Waals surface area contributed by atoms with Gasteiger partial charge in [0.2, 0.25) is 5.91 Å². The zero-order valence-electron chi connectivity index (χ0n) is 12.3. The molecule has 0 aliphatic carbocycles. The summed E-state index contributed by atoms with van der Waals surface area (Å²) in [5.74, 6) is 0.111. The van der Waals surface area contributed by atoms with Crippen LogP contribution in [0.4, 0.5) is 0 Å². The van der Waals surface area contributed by atoms with Crippen LogP contribution < -0.4 is 5.73 Å². The molecule has 0 saturated carbocycles. The summed E-state index contributed by atoms with van der Waals surface area (Å²) in [6.45, 7) is 6.01. The van der Waals surface area contributed by atoms with Crippen LogP contribution in [-0.4, -0.2) is 40.4 Å². The quantitative estimate of drug-likeness (QED) is 0.926. The van der Waals surface area contributed by atoms with Crippen molar-refractivity contribution in [2.24, 2.45) is 5.73 Å². The van der Waals surface area contributed by atoms with Crippen molar-refractivity contribution in [1.29, 1.82) is 0 Å². The highest BCUT2D eigenvalue weighted by atomic mass is 32.2. The second kappa shape index (κ2) is 7.14. The van der Waals surface area contributed by atoms with Crippen molar-refractivity contribution < 1.29 is 4.79 Å². The van der Waals surface area contributed by atoms with Crippen LogP contribution >= 0.6 is 11.8 Å². The Kier molecular flexibility index (Phi) is 5.49. The normalized spacial score (nSPS) is 24.4. The summed E-state index contributed by atoms with van der Waals surface area (Å²) in [6.07, 6.45) is 1.58. The molecule has 1 heterocycles. The molecule has 1 aliphatic rings. The number of nitrogens with two attached hydrogens (primary N) is 1. The summed E-state index contributed by atoms with van der Waals surface area (Å²) in [6, 6.07) is 9.83. The third-order valence-corrected chi connectivity index (χ3v) is 4.86. The van der Waals surface area contributed by atoms with E-state index in [0.717, 1.165) is 25.9 Å². The molecular weight excluding hydrogens is 268 g/mol. The highest BCUT2D eigenvalue weighted by molar-refractivity contribution is 8.00. The van der Waals surface area contributed by atoms with Crippen molar-refractivity contribution in [3.63, 3.8) is 0 Å². The van der Waals surface area contributed by atoms with E-state index in [9.17, 15) is 4.79 Å². The van der Waals surface area contributed by atoms with Crippen LogP contribution in [0.3, 0.4) is 0 Å². The number of benzene rings is 1. The molecule has 1 amide bonds. The number of nitrogens with zero attached hydrogens (tertiary/aromatic N) is 1. The molecule has 1 aliphatic heterocycles. The monoisotopic (exact) mass is 292 g/mol. The van der Waals surface area contributed by atoms with Crippen molar-refractivity contribution in [3.8, 4) is 0 Å². The highest BCUT2D eigenvalue weighted by Crippen LogP contribution is 2.25. The number of aryl methyl sites for hydroxylation is 1. The molecule has 3 atom stereocenters. The molecule has 1 aromatic rings. The molecule has 110 valence electrons. The van der Waals surface area contributed by atoms with Crippen LogP contribution in [0.5, 0.6) is 0 Å². The van der Waals surface area contributed by atoms with E-state index < -0.39 is 0 Å². The van der Waals surface area contributed by atoms with Gasteiger partial charge in [0.25, 0.3) is 0 Å². The van der Waals surface area contributed by atoms with Gasteiger partial charge in [-0.15, -0.1) is 0 Å². The van der Waals surface area contributed by atoms with Crippen molar-refractivity contribution >= 4 is 17.7 Å². The van der Waals surface area contributed by atoms with Crippen LogP contribution in [0.25, 0.3) is 0 Å². The standard InChI is InChI=1S/C16H24N2OS/c1-12-10-18(11-13(2)20-12)16(19)15(17)9-8-14-6-4-3-5-7-14/h3-7,12-13,15H,8-11,17H2,1-2H3/t12?,13?,15-/m0/s1. The lowest BCUT2D eigenvalue weighted by Crippen LogP contribution is -2.50. The molecule has 3 nitrogen and oxygen atoms in total. The summed E-state index contributed by atoms with van der Waals surface area (Å²) in [7, 11) is 0. The first-order valence-electron chi connectivity index (χ1n) is 7.30. The number of rotatable bonds is 4. The predicted molar refractivity (Wildman–Crippen MR) is 85.8 cm³/mol. The second-order valence-corrected chi connectivity index (χ2v) is 7.51. The van der Waals surface area contributed by atoms with Gasteiger partial charge in [0, 0.05) is 23.6 Å². The van der Waals surface area contributed by atoms with E-state index in [1.54, 1.807) is 0 Å². The first-order valence-corrected chi connectivity index (χ1v) is 8.24. The Bertz CT molecular complexity index is 427. The van der Waals surface area contributed by atoms with Crippen LogP contribution in [0, 0.1) is 0 Å². The molecule has 0 aromatic heterocycles. The van der Waals surface area contributed by atoms with E-state index in [1.807, 2.05) is 34.9 Å². The number of carbonyl (C=O) groups excluding carboxylic acids is 1. The van der Waals surface area contributed by atoms with Gasteiger partial charge in [-0.05, 0) is 18.4 Å². The molecule has 2 rings (SSSR count). The maximum absolute atomic E-state index is 12.4. The van der Waals surface area contributed by atoms with Crippen LogP contribution in [0.15, 0.2) is 30.3 Å². The second-order valence-electron chi connectivity index (χ2n) is 5.63. The van der Waals surface area contributed by atoms with E-state index in [4.69, 9.17) is 5.73 Å². The fourth-order valence-corrected chi connectivity index (χ4v) is 4.01. The zero-order valence-corrected chi connectivity index (χ0v) is 13.1. The molecule has 1 fully saturated rings. The summed E-state index contributed by atoms with van der Waals surface area (Å²) < 4.78 is 0. The Hall–Kier alpha value is -1.00. The first-order chi connectivity index (χ1) is 9.56. The molecule has 1 saturated heterocycles. The van der Waals surface area contributed by atoms with E-state index in [2.05, 4.69) is 26.0 Å². The van der Waals surface area contributed by atoms with Gasteiger partial charge in [0.15, 0.2) is 0 Å². The van der Waals surface area contributed by atoms with Gasteiger partial charge in [-0.25, -0.2) is 0 Å². The van der Waals surface area contributed by atoms with Gasteiger partial charge in [-0.2, -0.15) is 11.8 Å². The molecule has 2 unspecified atom stereocenters. The summed E-state index contributed by atoms with van der Waals surface area (Å²) in [5.41, 5.74) is 7.33. The Morgan fingerprint density at radius 2 is 1.90 bits per heavy atom. The van der Waals surface area contributed by atoms with Gasteiger partial charge >= 0.3 is 0 Å². The number of hydrogen-bond donors (Lipinski definition) is 1. The molecule has 2 N–H and O–H groups in total. The van der Waals surface area contributed by atoms with Crippen molar-refractivity contribution in [2.45, 2.75) is 43.2 Å². The SMILES string of the molecule is CC1CN(C(=O)[C@@H](N)CCc2ccccc2)CC(C)S1. The third kappa shape index (κ3) is 4.25. The Labute approximate surface area is 125 Å². The van der Waals surface area contributed by atoms with Gasteiger partial charge in [-0.1, -0.05) is 44.2 Å². The van der Waals surface area contributed by atoms with E-state index >= 15 is 0 Å². The maximum atomic E-state index is 12.4. The minimum atomic E-state index is -0.377. The Balaban J connectivity index is 1.85. The topological polar surface area (TPSA) is 46.3 Å². The fourth-order valence-electron chi connectivity index (χ4n) is 2.68. The Morgan fingerprint density at radius 3 is 2.50 bits per heavy atom. The first kappa shape index (κ1) is 15.4. The van der Waals surface area contributed by atoms with Crippen LogP contribution in [0.2, 0.25) is 0 Å². The number of thioether (sulfide) groups is 1. The van der Waals surface area contributed by atoms with Crippen molar-refractivity contribution in [3.05, 3.63) is 35.9 Å². The lowest BCUT2D eigenvalue weighted by molar-refractivity contribution is -0.132. The minimum Gasteiger partial charge on any atom is -0.339 e. The van der Waals surface area contributed by atoms with E-state index in [-0.39, 0.29) is 11.9 Å². The fraction of sp³-hybridized carbons (Fsp3) is 0.562. The lowest BCUT2D eigenvalue weighted by atomic mass is 10.0. The maximum Gasteiger partial charge on any atom is 0.239 e. The molecule has 1 aromatic carbocycles. The average molecular weight is 292 g/mol. The van der Waals surface area contributed by atoms with E-state index in [0.29, 0.717) is 10.5 Å². The van der Waals surface area contributed by atoms with E-state index in [1.165, 1.54) is 5.56 Å². The van der Waals surface area contributed by atoms with Gasteiger partial charge in [0.1, 0.15) is 0 Å². The zero-order chi connectivity index (χ0) is 14.5. The third-order valence-electron chi connectivity index (χ3n) is 3.64. The summed E-state index contributed by atoms with van der Waals surface area (Å²) >= 11 is 1.95. The number of amides is 1. The minimum absolute atomic E-state index is 0.111. The Morgan fingerprint density at radius 1 is 1.30 bits per heavy atom. The van der Waals surface area contributed by atoms with Gasteiger partial charge in [0.05, 0.1) is 6.04 Å². The smallest absolute Gasteiger partial charge is 0.239 e. The molecule has 0 bridgehead atoms. The van der Waals surface area contributed by atoms with Crippen molar-refractivity contribution in [1.82, 2.24) is 4.90 Å². The molecule has 0 spiro atoms. The summed E-state index contributed by atoms with van der Waals surface area (Å²) in [5, 5.41) is 1.01. The largest absolute Gasteiger partial charge is 0.339 e. The molecule has 4 heteroatoms. The van der Waals surface area contributed by atoms with Crippen LogP contribution in [0.1, 0.15) is 25.8 Å². The molecular formula is C16H24N2OS. The average Bonchev–Trinajstić information content (AvgIpc) is 2.44. The molecule has 0 radical (unpaired) electrons. The van der Waals surface area contributed by atoms with Crippen LogP contribution in [-0.2, 0) is 11.2 Å². The van der Waals surface area contributed by atoms with Gasteiger partial charge < -0.3 is 10.6 Å². The molecule has 20 heavy (non-hydrogen) atoms.